The standard InChI is InChI=1S/C9H4N4O5.Na.H/c10-3-5(9(14)15)4-1-2-6(13(16)17)8-7(4)11-18-12-8;;/h1-2,5H,(H,14,15);;. The number of benzene rings is 1. The number of nitro groups is 1. The van der Waals surface area contributed by atoms with Crippen molar-refractivity contribution in [3.8, 4) is 6.07 Å². The van der Waals surface area contributed by atoms with Gasteiger partial charge in [0.2, 0.25) is 5.52 Å². The van der Waals surface area contributed by atoms with Crippen LogP contribution in [0.4, 0.5) is 5.69 Å². The molecule has 1 heterocycles. The van der Waals surface area contributed by atoms with Crippen molar-refractivity contribution >= 4 is 52.2 Å². The van der Waals surface area contributed by atoms with Crippen LogP contribution in [0.1, 0.15) is 11.5 Å². The van der Waals surface area contributed by atoms with E-state index in [1.54, 1.807) is 6.07 Å². The molecule has 1 aromatic carbocycles. The monoisotopic (exact) mass is 272 g/mol. The molecule has 0 bridgehead atoms. The van der Waals surface area contributed by atoms with Crippen molar-refractivity contribution in [3.63, 3.8) is 0 Å². The van der Waals surface area contributed by atoms with Gasteiger partial charge in [0, 0.05) is 11.6 Å². The van der Waals surface area contributed by atoms with Crippen LogP contribution in [0.25, 0.3) is 11.0 Å². The molecule has 0 radical (unpaired) electrons. The van der Waals surface area contributed by atoms with E-state index in [1.807, 2.05) is 0 Å². The van der Waals surface area contributed by atoms with Crippen LogP contribution >= 0.6 is 0 Å². The SMILES string of the molecule is N#CC(C(=O)O)c1ccc([N+](=O)[O-])c2nonc12.[NaH]. The minimum absolute atomic E-state index is 0. The van der Waals surface area contributed by atoms with Crippen LogP contribution in [-0.4, -0.2) is 55.9 Å². The maximum absolute atomic E-state index is 10.9. The molecule has 0 aliphatic heterocycles. The van der Waals surface area contributed by atoms with Crippen molar-refractivity contribution in [1.82, 2.24) is 10.3 Å². The zero-order valence-corrected chi connectivity index (χ0v) is 8.60. The molecule has 1 unspecified atom stereocenters. The molecule has 0 saturated heterocycles. The van der Waals surface area contributed by atoms with E-state index in [9.17, 15) is 14.9 Å². The number of rotatable bonds is 3. The number of hydrogen-bond acceptors (Lipinski definition) is 7. The third-order valence-electron chi connectivity index (χ3n) is 2.31. The van der Waals surface area contributed by atoms with E-state index in [-0.39, 0.29) is 51.8 Å². The number of hydrogen-bond donors (Lipinski definition) is 1. The number of nitriles is 1. The Labute approximate surface area is 127 Å². The number of non-ortho nitro benzene ring substituents is 1. The molecule has 10 heteroatoms. The van der Waals surface area contributed by atoms with Crippen molar-refractivity contribution in [2.75, 3.05) is 0 Å². The summed E-state index contributed by atoms with van der Waals surface area (Å²) in [5, 5.41) is 35.1. The summed E-state index contributed by atoms with van der Waals surface area (Å²) < 4.78 is 4.36. The van der Waals surface area contributed by atoms with E-state index in [1.165, 1.54) is 0 Å². The van der Waals surface area contributed by atoms with Crippen LogP contribution in [0.5, 0.6) is 0 Å². The summed E-state index contributed by atoms with van der Waals surface area (Å²) in [7, 11) is 0. The van der Waals surface area contributed by atoms with Gasteiger partial charge in [-0.05, 0) is 16.4 Å². The van der Waals surface area contributed by atoms with E-state index >= 15 is 0 Å². The van der Waals surface area contributed by atoms with Gasteiger partial charge in [-0.25, -0.2) is 4.63 Å². The van der Waals surface area contributed by atoms with Gasteiger partial charge in [-0.15, -0.1) is 0 Å². The fourth-order valence-corrected chi connectivity index (χ4v) is 1.51. The molecule has 2 rings (SSSR count). The molecule has 19 heavy (non-hydrogen) atoms. The molecule has 2 aromatic rings. The first-order chi connectivity index (χ1) is 8.56. The maximum atomic E-state index is 10.9. The Morgan fingerprint density at radius 3 is 2.63 bits per heavy atom. The summed E-state index contributed by atoms with van der Waals surface area (Å²) in [4.78, 5) is 20.9. The number of carboxylic acids is 1. The Morgan fingerprint density at radius 2 is 2.11 bits per heavy atom. The quantitative estimate of drug-likeness (QED) is 0.473. The molecule has 0 fully saturated rings. The van der Waals surface area contributed by atoms with Gasteiger partial charge in [0.25, 0.3) is 0 Å². The fourth-order valence-electron chi connectivity index (χ4n) is 1.51. The Hall–Kier alpha value is -2.02. The predicted octanol–water partition coefficient (Wildman–Crippen LogP) is 0.174. The van der Waals surface area contributed by atoms with Crippen LogP contribution in [0.15, 0.2) is 16.8 Å². The van der Waals surface area contributed by atoms with Crippen LogP contribution in [0.3, 0.4) is 0 Å². The molecule has 1 N–H and O–H groups in total. The first-order valence-electron chi connectivity index (χ1n) is 4.58. The van der Waals surface area contributed by atoms with Crippen molar-refractivity contribution in [2.24, 2.45) is 0 Å². The van der Waals surface area contributed by atoms with Crippen LogP contribution in [0.2, 0.25) is 0 Å². The third-order valence-corrected chi connectivity index (χ3v) is 2.31. The summed E-state index contributed by atoms with van der Waals surface area (Å²) in [6.07, 6.45) is 0. The van der Waals surface area contributed by atoms with Gasteiger partial charge in [0.1, 0.15) is 5.52 Å². The third kappa shape index (κ3) is 2.55. The normalized spacial score (nSPS) is 11.3. The second-order valence-corrected chi connectivity index (χ2v) is 3.29. The molecule has 0 aliphatic rings. The van der Waals surface area contributed by atoms with E-state index in [0.29, 0.717) is 0 Å². The Kier molecular flexibility index (Phi) is 4.55. The van der Waals surface area contributed by atoms with Crippen LogP contribution < -0.4 is 0 Å². The van der Waals surface area contributed by atoms with Gasteiger partial charge in [-0.1, -0.05) is 0 Å². The van der Waals surface area contributed by atoms with Gasteiger partial charge in [0.05, 0.1) is 11.0 Å². The molecular formula is C9H5N4NaO5. The molecule has 0 aliphatic carbocycles. The molecular weight excluding hydrogens is 267 g/mol. The number of nitro benzene ring substituents is 1. The number of aromatic nitrogens is 2. The summed E-state index contributed by atoms with van der Waals surface area (Å²) in [5.41, 5.74) is -0.638. The zero-order valence-electron chi connectivity index (χ0n) is 8.60. The summed E-state index contributed by atoms with van der Waals surface area (Å²) in [5.74, 6) is -2.86. The van der Waals surface area contributed by atoms with E-state index in [0.717, 1.165) is 12.1 Å². The second-order valence-electron chi connectivity index (χ2n) is 3.29. The van der Waals surface area contributed by atoms with Crippen molar-refractivity contribution in [3.05, 3.63) is 27.8 Å². The van der Waals surface area contributed by atoms with Gasteiger partial charge in [-0.2, -0.15) is 5.26 Å². The number of fused-ring (bicyclic) bond motifs is 1. The van der Waals surface area contributed by atoms with E-state index < -0.39 is 16.8 Å². The van der Waals surface area contributed by atoms with Crippen LogP contribution in [-0.2, 0) is 4.79 Å². The first kappa shape index (κ1) is 15.0. The molecule has 9 nitrogen and oxygen atoms in total. The van der Waals surface area contributed by atoms with Crippen LogP contribution in [0, 0.1) is 21.4 Å². The Balaban J connectivity index is 0.00000180. The Bertz CT molecular complexity index is 691. The average Bonchev–Trinajstić information content (AvgIpc) is 2.78. The van der Waals surface area contributed by atoms with Gasteiger partial charge < -0.3 is 5.11 Å². The number of carbonyl (C=O) groups is 1. The predicted molar refractivity (Wildman–Crippen MR) is 61.6 cm³/mol. The van der Waals surface area contributed by atoms with Crippen molar-refractivity contribution in [1.29, 1.82) is 5.26 Å². The fraction of sp³-hybridized carbons (Fsp3) is 0.111. The van der Waals surface area contributed by atoms with E-state index in [2.05, 4.69) is 14.9 Å². The first-order valence-corrected chi connectivity index (χ1v) is 4.58. The van der Waals surface area contributed by atoms with Gasteiger partial charge >= 0.3 is 41.2 Å². The zero-order chi connectivity index (χ0) is 13.3. The number of nitrogens with zero attached hydrogens (tertiary/aromatic N) is 4. The topological polar surface area (TPSA) is 143 Å². The Morgan fingerprint density at radius 1 is 1.47 bits per heavy atom. The summed E-state index contributed by atoms with van der Waals surface area (Å²) in [6, 6.07) is 3.79. The molecule has 1 atom stereocenters. The van der Waals surface area contributed by atoms with Crippen molar-refractivity contribution in [2.45, 2.75) is 5.92 Å². The molecule has 0 amide bonds. The molecule has 0 saturated carbocycles. The number of aliphatic carboxylic acids is 1. The molecule has 0 spiro atoms. The molecule has 92 valence electrons. The minimum atomic E-state index is -1.49. The van der Waals surface area contributed by atoms with E-state index in [4.69, 9.17) is 10.4 Å². The second kappa shape index (κ2) is 5.75. The number of carboxylic acid groups (broad SMARTS) is 1. The van der Waals surface area contributed by atoms with Crippen molar-refractivity contribution < 1.29 is 19.5 Å². The van der Waals surface area contributed by atoms with Gasteiger partial charge in [0.15, 0.2) is 5.92 Å². The van der Waals surface area contributed by atoms with Gasteiger partial charge in [-0.3, -0.25) is 14.9 Å². The molecule has 1 aromatic heterocycles. The summed E-state index contributed by atoms with van der Waals surface area (Å²) >= 11 is 0. The summed E-state index contributed by atoms with van der Waals surface area (Å²) in [6.45, 7) is 0. The average molecular weight is 272 g/mol.